The van der Waals surface area contributed by atoms with E-state index in [1.165, 1.54) is 0 Å². The summed E-state index contributed by atoms with van der Waals surface area (Å²) in [5, 5.41) is 3.19. The highest BCUT2D eigenvalue weighted by Crippen LogP contribution is 1.98. The van der Waals surface area contributed by atoms with Gasteiger partial charge in [0.25, 0.3) is 0 Å². The molecule has 0 saturated carbocycles. The van der Waals surface area contributed by atoms with Gasteiger partial charge in [-0.1, -0.05) is 13.3 Å². The van der Waals surface area contributed by atoms with Gasteiger partial charge in [0, 0.05) is 19.1 Å². The number of rotatable bonds is 5. The molecule has 0 saturated heterocycles. The van der Waals surface area contributed by atoms with Gasteiger partial charge in [-0.3, -0.25) is 4.79 Å². The molecular formula is C11H24N2O. The average molecular weight is 200 g/mol. The second-order valence-corrected chi connectivity index (χ2v) is 4.77. The zero-order valence-corrected chi connectivity index (χ0v) is 10.2. The van der Waals surface area contributed by atoms with E-state index in [0.29, 0.717) is 6.54 Å². The van der Waals surface area contributed by atoms with Crippen LogP contribution < -0.4 is 5.32 Å². The minimum Gasteiger partial charge on any atom is -0.345 e. The minimum absolute atomic E-state index is 0.0151. The van der Waals surface area contributed by atoms with Crippen molar-refractivity contribution in [2.45, 2.75) is 46.1 Å². The smallest absolute Gasteiger partial charge is 0.236 e. The molecule has 3 nitrogen and oxygen atoms in total. The number of likely N-dealkylation sites (N-methyl/N-ethyl adjacent to an activating group) is 1. The van der Waals surface area contributed by atoms with Crippen molar-refractivity contribution in [2.24, 2.45) is 0 Å². The van der Waals surface area contributed by atoms with Crippen LogP contribution >= 0.6 is 0 Å². The number of carbonyl (C=O) groups excluding carboxylic acids is 1. The number of hydrogen-bond donors (Lipinski definition) is 1. The second-order valence-electron chi connectivity index (χ2n) is 4.77. The van der Waals surface area contributed by atoms with Gasteiger partial charge in [0.1, 0.15) is 0 Å². The van der Waals surface area contributed by atoms with E-state index >= 15 is 0 Å². The molecule has 14 heavy (non-hydrogen) atoms. The van der Waals surface area contributed by atoms with Crippen molar-refractivity contribution in [3.63, 3.8) is 0 Å². The number of unbranched alkanes of at least 4 members (excludes halogenated alkanes) is 1. The van der Waals surface area contributed by atoms with Crippen LogP contribution in [0, 0.1) is 0 Å². The predicted octanol–water partition coefficient (Wildman–Crippen LogP) is 1.63. The first-order chi connectivity index (χ1) is 6.37. The molecule has 0 radical (unpaired) electrons. The molecular weight excluding hydrogens is 176 g/mol. The van der Waals surface area contributed by atoms with Gasteiger partial charge < -0.3 is 10.2 Å². The topological polar surface area (TPSA) is 32.3 Å². The van der Waals surface area contributed by atoms with Crippen LogP contribution in [-0.4, -0.2) is 36.5 Å². The number of hydrogen-bond acceptors (Lipinski definition) is 2. The van der Waals surface area contributed by atoms with Crippen molar-refractivity contribution >= 4 is 5.91 Å². The summed E-state index contributed by atoms with van der Waals surface area (Å²) in [7, 11) is 1.86. The van der Waals surface area contributed by atoms with Gasteiger partial charge in [0.15, 0.2) is 0 Å². The van der Waals surface area contributed by atoms with Crippen molar-refractivity contribution in [1.82, 2.24) is 10.2 Å². The number of carbonyl (C=O) groups is 1. The lowest BCUT2D eigenvalue weighted by molar-refractivity contribution is -0.129. The molecule has 0 bridgehead atoms. The zero-order chi connectivity index (χ0) is 11.2. The fourth-order valence-corrected chi connectivity index (χ4v) is 0.996. The van der Waals surface area contributed by atoms with E-state index in [2.05, 4.69) is 33.0 Å². The Morgan fingerprint density at radius 2 is 1.93 bits per heavy atom. The van der Waals surface area contributed by atoms with Crippen LogP contribution in [0.4, 0.5) is 0 Å². The van der Waals surface area contributed by atoms with E-state index in [4.69, 9.17) is 0 Å². The normalized spacial score (nSPS) is 11.5. The van der Waals surface area contributed by atoms with Crippen LogP contribution in [0.25, 0.3) is 0 Å². The maximum Gasteiger partial charge on any atom is 0.236 e. The maximum atomic E-state index is 11.6. The van der Waals surface area contributed by atoms with Crippen molar-refractivity contribution in [1.29, 1.82) is 0 Å². The lowest BCUT2D eigenvalue weighted by Crippen LogP contribution is -2.44. The highest BCUT2D eigenvalue weighted by atomic mass is 16.2. The van der Waals surface area contributed by atoms with Crippen LogP contribution in [0.15, 0.2) is 0 Å². The Morgan fingerprint density at radius 3 is 2.36 bits per heavy atom. The van der Waals surface area contributed by atoms with Gasteiger partial charge in [-0.05, 0) is 27.2 Å². The van der Waals surface area contributed by atoms with E-state index in [1.807, 2.05) is 7.05 Å². The Hall–Kier alpha value is -0.570. The van der Waals surface area contributed by atoms with Gasteiger partial charge in [0.2, 0.25) is 5.91 Å². The highest BCUT2D eigenvalue weighted by molar-refractivity contribution is 5.78. The largest absolute Gasteiger partial charge is 0.345 e. The molecule has 0 aromatic carbocycles. The molecule has 0 aromatic heterocycles. The Labute approximate surface area is 87.9 Å². The van der Waals surface area contributed by atoms with E-state index in [9.17, 15) is 4.79 Å². The quantitative estimate of drug-likeness (QED) is 0.731. The lowest BCUT2D eigenvalue weighted by Gasteiger charge is -2.23. The molecule has 0 rings (SSSR count). The predicted molar refractivity (Wildman–Crippen MR) is 60.3 cm³/mol. The van der Waals surface area contributed by atoms with Crippen molar-refractivity contribution in [3.05, 3.63) is 0 Å². The molecule has 0 atom stereocenters. The third kappa shape index (κ3) is 6.89. The van der Waals surface area contributed by atoms with E-state index < -0.39 is 0 Å². The molecule has 0 aliphatic rings. The third-order valence-electron chi connectivity index (χ3n) is 2.04. The second kappa shape index (κ2) is 6.02. The average Bonchev–Trinajstić information content (AvgIpc) is 2.09. The Balaban J connectivity index is 3.73. The molecule has 0 unspecified atom stereocenters. The summed E-state index contributed by atoms with van der Waals surface area (Å²) in [5.74, 6) is 0.174. The molecule has 1 N–H and O–H groups in total. The minimum atomic E-state index is 0.0151. The Morgan fingerprint density at radius 1 is 1.36 bits per heavy atom. The zero-order valence-electron chi connectivity index (χ0n) is 10.2. The fourth-order valence-electron chi connectivity index (χ4n) is 0.996. The summed E-state index contributed by atoms with van der Waals surface area (Å²) in [6, 6.07) is 0. The fraction of sp³-hybridized carbons (Fsp3) is 0.909. The molecule has 1 amide bonds. The van der Waals surface area contributed by atoms with Crippen LogP contribution in [0.2, 0.25) is 0 Å². The van der Waals surface area contributed by atoms with Crippen LogP contribution in [0.5, 0.6) is 0 Å². The number of amides is 1. The Bertz CT molecular complexity index is 173. The van der Waals surface area contributed by atoms with E-state index in [1.54, 1.807) is 4.90 Å². The van der Waals surface area contributed by atoms with Crippen LogP contribution in [0.1, 0.15) is 40.5 Å². The Kier molecular flexibility index (Phi) is 5.77. The van der Waals surface area contributed by atoms with Crippen molar-refractivity contribution in [2.75, 3.05) is 20.1 Å². The maximum absolute atomic E-state index is 11.6. The monoisotopic (exact) mass is 200 g/mol. The molecule has 0 aliphatic carbocycles. The molecule has 0 fully saturated rings. The van der Waals surface area contributed by atoms with Gasteiger partial charge in [0.05, 0.1) is 6.54 Å². The highest BCUT2D eigenvalue weighted by Gasteiger charge is 2.13. The summed E-state index contributed by atoms with van der Waals surface area (Å²) in [4.78, 5) is 13.4. The summed E-state index contributed by atoms with van der Waals surface area (Å²) >= 11 is 0. The number of nitrogens with one attached hydrogen (secondary N) is 1. The van der Waals surface area contributed by atoms with Crippen molar-refractivity contribution in [3.8, 4) is 0 Å². The molecule has 0 aromatic rings. The van der Waals surface area contributed by atoms with Gasteiger partial charge in [-0.25, -0.2) is 0 Å². The van der Waals surface area contributed by atoms with Crippen LogP contribution in [0.3, 0.4) is 0 Å². The van der Waals surface area contributed by atoms with Gasteiger partial charge in [-0.2, -0.15) is 0 Å². The van der Waals surface area contributed by atoms with Gasteiger partial charge >= 0.3 is 0 Å². The first-order valence-corrected chi connectivity index (χ1v) is 5.36. The van der Waals surface area contributed by atoms with E-state index in [-0.39, 0.29) is 11.4 Å². The molecule has 0 spiro atoms. The van der Waals surface area contributed by atoms with E-state index in [0.717, 1.165) is 19.4 Å². The molecule has 3 heteroatoms. The molecule has 84 valence electrons. The lowest BCUT2D eigenvalue weighted by atomic mass is 10.1. The molecule has 0 aliphatic heterocycles. The van der Waals surface area contributed by atoms with Gasteiger partial charge in [-0.15, -0.1) is 0 Å². The number of nitrogens with zero attached hydrogens (tertiary/aromatic N) is 1. The SMILES string of the molecule is CCCCN(C)C(=O)CNC(C)(C)C. The standard InChI is InChI=1S/C11H24N2O/c1-6-7-8-13(5)10(14)9-12-11(2,3)4/h12H,6-9H2,1-5H3. The molecule has 0 heterocycles. The van der Waals surface area contributed by atoms with Crippen LogP contribution in [-0.2, 0) is 4.79 Å². The first kappa shape index (κ1) is 13.4. The summed E-state index contributed by atoms with van der Waals surface area (Å²) < 4.78 is 0. The van der Waals surface area contributed by atoms with Crippen molar-refractivity contribution < 1.29 is 4.79 Å². The summed E-state index contributed by atoms with van der Waals surface area (Å²) in [6.45, 7) is 9.61. The summed E-state index contributed by atoms with van der Waals surface area (Å²) in [6.07, 6.45) is 2.21. The first-order valence-electron chi connectivity index (χ1n) is 5.36. The summed E-state index contributed by atoms with van der Waals surface area (Å²) in [5.41, 5.74) is 0.0151. The third-order valence-corrected chi connectivity index (χ3v) is 2.04.